The third-order valence-electron chi connectivity index (χ3n) is 3.52. The standard InChI is InChI=1S/C20H20FN3O2S/c1-4-12-23(13-5-2)19(26)11-10-16-14-27-20(22-16)24(15(3)25)18-9-7-6-8-17(18)21/h4-11,14H,1-2,12-13H2,3H3. The molecular weight excluding hydrogens is 365 g/mol. The van der Waals surface area contributed by atoms with Crippen LogP contribution in [0.2, 0.25) is 0 Å². The summed E-state index contributed by atoms with van der Waals surface area (Å²) in [4.78, 5) is 31.4. The zero-order valence-corrected chi connectivity index (χ0v) is 15.8. The van der Waals surface area contributed by atoms with Crippen molar-refractivity contribution in [1.29, 1.82) is 0 Å². The van der Waals surface area contributed by atoms with Crippen molar-refractivity contribution in [2.45, 2.75) is 6.92 Å². The summed E-state index contributed by atoms with van der Waals surface area (Å²) < 4.78 is 14.1. The summed E-state index contributed by atoms with van der Waals surface area (Å²) in [5.41, 5.74) is 0.636. The average molecular weight is 385 g/mol. The lowest BCUT2D eigenvalue weighted by Crippen LogP contribution is -2.29. The Morgan fingerprint density at radius 1 is 1.22 bits per heavy atom. The van der Waals surface area contributed by atoms with Crippen molar-refractivity contribution in [1.82, 2.24) is 9.88 Å². The summed E-state index contributed by atoms with van der Waals surface area (Å²) >= 11 is 1.19. The van der Waals surface area contributed by atoms with Gasteiger partial charge in [-0.2, -0.15) is 0 Å². The van der Waals surface area contributed by atoms with E-state index in [0.29, 0.717) is 23.9 Å². The molecule has 0 bridgehead atoms. The Labute approximate surface area is 161 Å². The van der Waals surface area contributed by atoms with Gasteiger partial charge in [-0.1, -0.05) is 24.3 Å². The molecule has 0 N–H and O–H groups in total. The Morgan fingerprint density at radius 2 is 1.89 bits per heavy atom. The molecule has 27 heavy (non-hydrogen) atoms. The van der Waals surface area contributed by atoms with Crippen molar-refractivity contribution in [2.75, 3.05) is 18.0 Å². The van der Waals surface area contributed by atoms with Crippen LogP contribution in [0.4, 0.5) is 15.2 Å². The van der Waals surface area contributed by atoms with Crippen LogP contribution in [0, 0.1) is 5.82 Å². The SMILES string of the molecule is C=CCN(CC=C)C(=O)C=Cc1csc(N(C(C)=O)c2ccccc2F)n1. The Hall–Kier alpha value is -3.06. The van der Waals surface area contributed by atoms with Gasteiger partial charge in [-0.25, -0.2) is 9.37 Å². The van der Waals surface area contributed by atoms with Gasteiger partial charge in [0, 0.05) is 31.5 Å². The fraction of sp³-hybridized carbons (Fsp3) is 0.150. The van der Waals surface area contributed by atoms with Gasteiger partial charge >= 0.3 is 0 Å². The second kappa shape index (κ2) is 9.59. The van der Waals surface area contributed by atoms with Gasteiger partial charge in [-0.05, 0) is 18.2 Å². The Balaban J connectivity index is 2.23. The predicted octanol–water partition coefficient (Wildman–Crippen LogP) is 4.18. The zero-order chi connectivity index (χ0) is 19.8. The van der Waals surface area contributed by atoms with Crippen LogP contribution < -0.4 is 4.90 Å². The van der Waals surface area contributed by atoms with Crippen LogP contribution in [0.15, 0.2) is 61.0 Å². The highest BCUT2D eigenvalue weighted by molar-refractivity contribution is 7.14. The quantitative estimate of drug-likeness (QED) is 0.506. The molecule has 5 nitrogen and oxygen atoms in total. The van der Waals surface area contributed by atoms with E-state index in [1.165, 1.54) is 41.4 Å². The highest BCUT2D eigenvalue weighted by atomic mass is 32.1. The molecule has 7 heteroatoms. The molecule has 0 fully saturated rings. The van der Waals surface area contributed by atoms with Gasteiger partial charge in [0.2, 0.25) is 11.8 Å². The maximum Gasteiger partial charge on any atom is 0.247 e. The lowest BCUT2D eigenvalue weighted by molar-refractivity contribution is -0.125. The van der Waals surface area contributed by atoms with Crippen LogP contribution in [0.3, 0.4) is 0 Å². The first kappa shape index (κ1) is 20.3. The molecule has 0 aliphatic rings. The van der Waals surface area contributed by atoms with E-state index in [9.17, 15) is 14.0 Å². The number of hydrogen-bond acceptors (Lipinski definition) is 4. The van der Waals surface area contributed by atoms with Gasteiger partial charge in [-0.3, -0.25) is 14.5 Å². The molecule has 0 saturated carbocycles. The summed E-state index contributed by atoms with van der Waals surface area (Å²) in [6.07, 6.45) is 6.22. The largest absolute Gasteiger partial charge is 0.332 e. The van der Waals surface area contributed by atoms with Crippen molar-refractivity contribution >= 4 is 40.0 Å². The van der Waals surface area contributed by atoms with Gasteiger partial charge < -0.3 is 4.90 Å². The minimum Gasteiger partial charge on any atom is -0.332 e. The Morgan fingerprint density at radius 3 is 2.48 bits per heavy atom. The second-order valence-electron chi connectivity index (χ2n) is 5.51. The van der Waals surface area contributed by atoms with Gasteiger partial charge in [0.15, 0.2) is 5.13 Å². The number of benzene rings is 1. The van der Waals surface area contributed by atoms with Crippen molar-refractivity contribution in [3.63, 3.8) is 0 Å². The molecule has 0 atom stereocenters. The summed E-state index contributed by atoms with van der Waals surface area (Å²) in [7, 11) is 0. The lowest BCUT2D eigenvalue weighted by atomic mass is 10.3. The van der Waals surface area contributed by atoms with Gasteiger partial charge in [-0.15, -0.1) is 24.5 Å². The summed E-state index contributed by atoms with van der Waals surface area (Å²) in [6, 6.07) is 6.00. The average Bonchev–Trinajstić information content (AvgIpc) is 3.09. The van der Waals surface area contributed by atoms with Crippen LogP contribution in [0.25, 0.3) is 6.08 Å². The first-order valence-corrected chi connectivity index (χ1v) is 9.05. The first-order valence-electron chi connectivity index (χ1n) is 8.17. The van der Waals surface area contributed by atoms with E-state index in [2.05, 4.69) is 18.1 Å². The molecule has 1 aromatic carbocycles. The van der Waals surface area contributed by atoms with Crippen LogP contribution in [0.1, 0.15) is 12.6 Å². The highest BCUT2D eigenvalue weighted by Gasteiger charge is 2.20. The van der Waals surface area contributed by atoms with Crippen molar-refractivity contribution in [3.05, 3.63) is 72.5 Å². The van der Waals surface area contributed by atoms with Gasteiger partial charge in [0.05, 0.1) is 11.4 Å². The number of nitrogens with zero attached hydrogens (tertiary/aromatic N) is 3. The predicted molar refractivity (Wildman–Crippen MR) is 107 cm³/mol. The Bertz CT molecular complexity index is 866. The van der Waals surface area contributed by atoms with Gasteiger partial charge in [0.1, 0.15) is 5.82 Å². The molecule has 0 saturated heterocycles. The second-order valence-corrected chi connectivity index (χ2v) is 6.35. The van der Waals surface area contributed by atoms with Crippen LogP contribution in [0.5, 0.6) is 0 Å². The summed E-state index contributed by atoms with van der Waals surface area (Å²) in [6.45, 7) is 9.41. The smallest absolute Gasteiger partial charge is 0.247 e. The lowest BCUT2D eigenvalue weighted by Gasteiger charge is -2.18. The number of rotatable bonds is 8. The number of carbonyl (C=O) groups is 2. The van der Waals surface area contributed by atoms with E-state index in [4.69, 9.17) is 0 Å². The van der Waals surface area contributed by atoms with Crippen molar-refractivity contribution in [2.24, 2.45) is 0 Å². The minimum absolute atomic E-state index is 0.133. The van der Waals surface area contributed by atoms with Crippen LogP contribution in [-0.4, -0.2) is 34.8 Å². The fourth-order valence-corrected chi connectivity index (χ4v) is 3.17. The maximum absolute atomic E-state index is 14.1. The molecule has 1 aromatic heterocycles. The number of para-hydroxylation sites is 1. The van der Waals surface area contributed by atoms with E-state index >= 15 is 0 Å². The van der Waals surface area contributed by atoms with Crippen LogP contribution in [-0.2, 0) is 9.59 Å². The number of amides is 2. The number of hydrogen-bond donors (Lipinski definition) is 0. The third kappa shape index (κ3) is 5.21. The van der Waals surface area contributed by atoms with E-state index in [1.54, 1.807) is 40.6 Å². The van der Waals surface area contributed by atoms with Crippen molar-refractivity contribution in [3.8, 4) is 0 Å². The van der Waals surface area contributed by atoms with E-state index in [0.717, 1.165) is 0 Å². The molecule has 2 aromatic rings. The highest BCUT2D eigenvalue weighted by Crippen LogP contribution is 2.30. The van der Waals surface area contributed by atoms with E-state index < -0.39 is 5.82 Å². The molecule has 0 spiro atoms. The third-order valence-corrected chi connectivity index (χ3v) is 4.36. The van der Waals surface area contributed by atoms with E-state index in [1.807, 2.05) is 0 Å². The molecule has 0 aliphatic carbocycles. The molecule has 2 rings (SSSR count). The van der Waals surface area contributed by atoms with Crippen molar-refractivity contribution < 1.29 is 14.0 Å². The molecule has 0 aliphatic heterocycles. The number of thiazole rings is 1. The molecule has 2 amide bonds. The number of halogens is 1. The molecular formula is C20H20FN3O2S. The molecule has 0 unspecified atom stereocenters. The topological polar surface area (TPSA) is 53.5 Å². The van der Waals surface area contributed by atoms with E-state index in [-0.39, 0.29) is 17.5 Å². The number of carbonyl (C=O) groups excluding carboxylic acids is 2. The maximum atomic E-state index is 14.1. The van der Waals surface area contributed by atoms with Gasteiger partial charge in [0.25, 0.3) is 0 Å². The molecule has 1 heterocycles. The summed E-state index contributed by atoms with van der Waals surface area (Å²) in [5.74, 6) is -1.08. The normalized spacial score (nSPS) is 10.6. The Kier molecular flexibility index (Phi) is 7.19. The minimum atomic E-state index is -0.514. The monoisotopic (exact) mass is 385 g/mol. The first-order chi connectivity index (χ1) is 13.0. The zero-order valence-electron chi connectivity index (χ0n) is 15.0. The molecule has 140 valence electrons. The number of aromatic nitrogens is 1. The van der Waals surface area contributed by atoms with Crippen LogP contribution >= 0.6 is 11.3 Å². The summed E-state index contributed by atoms with van der Waals surface area (Å²) in [5, 5.41) is 2.02. The molecule has 0 radical (unpaired) electrons. The number of anilines is 2. The fourth-order valence-electron chi connectivity index (χ4n) is 2.32.